The maximum atomic E-state index is 9.57. The first-order valence-electron chi connectivity index (χ1n) is 5.72. The Morgan fingerprint density at radius 3 is 2.29 bits per heavy atom. The van der Waals surface area contributed by atoms with Gasteiger partial charge in [-0.1, -0.05) is 23.2 Å². The number of hydrogen-bond acceptors (Lipinski definition) is 3. The van der Waals surface area contributed by atoms with E-state index in [4.69, 9.17) is 23.2 Å². The quantitative estimate of drug-likeness (QED) is 0.884. The van der Waals surface area contributed by atoms with E-state index in [0.29, 0.717) is 10.0 Å². The van der Waals surface area contributed by atoms with Gasteiger partial charge in [0.15, 0.2) is 0 Å². The van der Waals surface area contributed by atoms with Crippen molar-refractivity contribution in [2.45, 2.75) is 6.04 Å². The Hall–Kier alpha value is -0.320. The molecule has 1 aromatic rings. The highest BCUT2D eigenvalue weighted by Crippen LogP contribution is 2.27. The first kappa shape index (κ1) is 13.1. The number of aliphatic hydroxyl groups is 1. The molecule has 0 aromatic heterocycles. The Morgan fingerprint density at radius 2 is 1.76 bits per heavy atom. The van der Waals surface area contributed by atoms with Crippen molar-refractivity contribution >= 4 is 23.2 Å². The first-order valence-corrected chi connectivity index (χ1v) is 6.48. The molecule has 0 spiro atoms. The van der Waals surface area contributed by atoms with Gasteiger partial charge in [-0.25, -0.2) is 0 Å². The highest BCUT2D eigenvalue weighted by molar-refractivity contribution is 6.34. The Balaban J connectivity index is 2.21. The van der Waals surface area contributed by atoms with Crippen LogP contribution in [0.25, 0.3) is 0 Å². The normalized spacial score (nSPS) is 19.2. The largest absolute Gasteiger partial charge is 0.394 e. The van der Waals surface area contributed by atoms with Crippen molar-refractivity contribution in [3.8, 4) is 0 Å². The number of hydrogen-bond donors (Lipinski definition) is 2. The Bertz CT molecular complexity index is 361. The van der Waals surface area contributed by atoms with Crippen molar-refractivity contribution in [2.24, 2.45) is 0 Å². The van der Waals surface area contributed by atoms with E-state index in [0.717, 1.165) is 31.7 Å². The average molecular weight is 275 g/mol. The van der Waals surface area contributed by atoms with Crippen LogP contribution in [-0.4, -0.2) is 42.8 Å². The summed E-state index contributed by atoms with van der Waals surface area (Å²) in [5.74, 6) is 0. The molecule has 0 bridgehead atoms. The lowest BCUT2D eigenvalue weighted by Gasteiger charge is -2.34. The molecule has 17 heavy (non-hydrogen) atoms. The van der Waals surface area contributed by atoms with Crippen LogP contribution in [0.3, 0.4) is 0 Å². The van der Waals surface area contributed by atoms with Crippen LogP contribution in [0.1, 0.15) is 11.6 Å². The topological polar surface area (TPSA) is 35.5 Å². The molecule has 94 valence electrons. The molecule has 1 aliphatic heterocycles. The van der Waals surface area contributed by atoms with Crippen molar-refractivity contribution in [3.63, 3.8) is 0 Å². The lowest BCUT2D eigenvalue weighted by molar-refractivity contribution is 0.111. The zero-order valence-corrected chi connectivity index (χ0v) is 11.0. The van der Waals surface area contributed by atoms with E-state index in [2.05, 4.69) is 10.2 Å². The van der Waals surface area contributed by atoms with E-state index in [-0.39, 0.29) is 12.6 Å². The number of nitrogens with one attached hydrogen (secondary N) is 1. The fraction of sp³-hybridized carbons (Fsp3) is 0.500. The molecule has 1 fully saturated rings. The van der Waals surface area contributed by atoms with Crippen LogP contribution in [0, 0.1) is 0 Å². The standard InChI is InChI=1S/C12H16Cl2N2O/c13-10-5-9(6-11(14)7-10)12(8-17)16-3-1-15-2-4-16/h5-7,12,15,17H,1-4,8H2. The third kappa shape index (κ3) is 3.33. The van der Waals surface area contributed by atoms with Gasteiger partial charge in [-0.2, -0.15) is 0 Å². The lowest BCUT2D eigenvalue weighted by atomic mass is 10.1. The average Bonchev–Trinajstić information content (AvgIpc) is 2.30. The van der Waals surface area contributed by atoms with Crippen LogP contribution in [0.4, 0.5) is 0 Å². The molecule has 0 aliphatic carbocycles. The summed E-state index contributed by atoms with van der Waals surface area (Å²) in [7, 11) is 0. The van der Waals surface area contributed by atoms with Gasteiger partial charge >= 0.3 is 0 Å². The number of aliphatic hydroxyl groups excluding tert-OH is 1. The molecule has 1 saturated heterocycles. The number of halogens is 2. The van der Waals surface area contributed by atoms with Crippen molar-refractivity contribution < 1.29 is 5.11 Å². The van der Waals surface area contributed by atoms with Crippen molar-refractivity contribution in [3.05, 3.63) is 33.8 Å². The molecule has 1 atom stereocenters. The minimum absolute atomic E-state index is 0.0201. The zero-order chi connectivity index (χ0) is 12.3. The molecule has 1 unspecified atom stereocenters. The summed E-state index contributed by atoms with van der Waals surface area (Å²) in [5.41, 5.74) is 0.979. The van der Waals surface area contributed by atoms with Crippen LogP contribution in [-0.2, 0) is 0 Å². The number of piperazine rings is 1. The third-order valence-corrected chi connectivity index (χ3v) is 3.47. The van der Waals surface area contributed by atoms with E-state index < -0.39 is 0 Å². The number of nitrogens with zero attached hydrogens (tertiary/aromatic N) is 1. The molecular formula is C12H16Cl2N2O. The molecule has 0 radical (unpaired) electrons. The van der Waals surface area contributed by atoms with Gasteiger partial charge in [0.2, 0.25) is 0 Å². The van der Waals surface area contributed by atoms with Crippen LogP contribution in [0.15, 0.2) is 18.2 Å². The second-order valence-corrected chi connectivity index (χ2v) is 5.06. The summed E-state index contributed by atoms with van der Waals surface area (Å²) >= 11 is 12.0. The molecule has 0 saturated carbocycles. The van der Waals surface area contributed by atoms with Crippen molar-refractivity contribution in [1.82, 2.24) is 10.2 Å². The summed E-state index contributed by atoms with van der Waals surface area (Å²) in [5, 5.41) is 14.1. The van der Waals surface area contributed by atoms with Gasteiger partial charge in [0, 0.05) is 36.2 Å². The van der Waals surface area contributed by atoms with E-state index in [1.807, 2.05) is 12.1 Å². The summed E-state index contributed by atoms with van der Waals surface area (Å²) in [6.07, 6.45) is 0. The predicted molar refractivity (Wildman–Crippen MR) is 70.7 cm³/mol. The summed E-state index contributed by atoms with van der Waals surface area (Å²) in [6.45, 7) is 3.83. The summed E-state index contributed by atoms with van der Waals surface area (Å²) < 4.78 is 0. The second-order valence-electron chi connectivity index (χ2n) is 4.19. The first-order chi connectivity index (χ1) is 8.20. The van der Waals surface area contributed by atoms with Gasteiger partial charge < -0.3 is 10.4 Å². The minimum Gasteiger partial charge on any atom is -0.394 e. The molecule has 1 aromatic carbocycles. The fourth-order valence-electron chi connectivity index (χ4n) is 2.19. The molecular weight excluding hydrogens is 259 g/mol. The molecule has 1 aliphatic rings. The molecule has 0 amide bonds. The SMILES string of the molecule is OCC(c1cc(Cl)cc(Cl)c1)N1CCNCC1. The maximum Gasteiger partial charge on any atom is 0.0628 e. The van der Waals surface area contributed by atoms with Gasteiger partial charge in [0.05, 0.1) is 12.6 Å². The molecule has 2 N–H and O–H groups in total. The summed E-state index contributed by atoms with van der Waals surface area (Å²) in [6, 6.07) is 5.43. The Morgan fingerprint density at radius 1 is 1.18 bits per heavy atom. The van der Waals surface area contributed by atoms with Crippen LogP contribution >= 0.6 is 23.2 Å². The molecule has 5 heteroatoms. The fourth-order valence-corrected chi connectivity index (χ4v) is 2.74. The number of benzene rings is 1. The highest BCUT2D eigenvalue weighted by Gasteiger charge is 2.21. The van der Waals surface area contributed by atoms with Gasteiger partial charge in [-0.3, -0.25) is 4.90 Å². The van der Waals surface area contributed by atoms with Gasteiger partial charge in [0.25, 0.3) is 0 Å². The lowest BCUT2D eigenvalue weighted by Crippen LogP contribution is -2.46. The second kappa shape index (κ2) is 6.03. The molecule has 1 heterocycles. The number of rotatable bonds is 3. The van der Waals surface area contributed by atoms with Crippen molar-refractivity contribution in [1.29, 1.82) is 0 Å². The Kier molecular flexibility index (Phi) is 4.65. The summed E-state index contributed by atoms with van der Waals surface area (Å²) in [4.78, 5) is 2.25. The Labute approximate surface area is 111 Å². The van der Waals surface area contributed by atoms with E-state index in [1.165, 1.54) is 0 Å². The maximum absolute atomic E-state index is 9.57. The van der Waals surface area contributed by atoms with E-state index in [9.17, 15) is 5.11 Å². The van der Waals surface area contributed by atoms with Gasteiger partial charge in [-0.05, 0) is 23.8 Å². The highest BCUT2D eigenvalue weighted by atomic mass is 35.5. The van der Waals surface area contributed by atoms with Crippen LogP contribution in [0.5, 0.6) is 0 Å². The van der Waals surface area contributed by atoms with Crippen LogP contribution < -0.4 is 5.32 Å². The smallest absolute Gasteiger partial charge is 0.0628 e. The predicted octanol–water partition coefficient (Wildman–Crippen LogP) is 1.93. The van der Waals surface area contributed by atoms with Crippen LogP contribution in [0.2, 0.25) is 10.0 Å². The van der Waals surface area contributed by atoms with E-state index in [1.54, 1.807) is 6.07 Å². The zero-order valence-electron chi connectivity index (χ0n) is 9.50. The monoisotopic (exact) mass is 274 g/mol. The van der Waals surface area contributed by atoms with Gasteiger partial charge in [0.1, 0.15) is 0 Å². The molecule has 2 rings (SSSR count). The van der Waals surface area contributed by atoms with Gasteiger partial charge in [-0.15, -0.1) is 0 Å². The molecule has 3 nitrogen and oxygen atoms in total. The van der Waals surface area contributed by atoms with E-state index >= 15 is 0 Å². The van der Waals surface area contributed by atoms with Crippen molar-refractivity contribution in [2.75, 3.05) is 32.8 Å². The minimum atomic E-state index is -0.0201. The third-order valence-electron chi connectivity index (χ3n) is 3.03.